The summed E-state index contributed by atoms with van der Waals surface area (Å²) < 4.78 is 0. The zero-order valence-corrected chi connectivity index (χ0v) is 16.0. The topological polar surface area (TPSA) is 23.5 Å². The Morgan fingerprint density at radius 1 is 0.643 bits per heavy atom. The monoisotopic (exact) mass is 367 g/mol. The lowest BCUT2D eigenvalue weighted by Crippen LogP contribution is -2.34. The normalized spacial score (nSPS) is 16.4. The lowest BCUT2D eigenvalue weighted by molar-refractivity contribution is 0.187. The van der Waals surface area contributed by atoms with Crippen LogP contribution in [0, 0.1) is 0 Å². The number of piperidine rings is 1. The van der Waals surface area contributed by atoms with Gasteiger partial charge < -0.3 is 5.11 Å². The molecule has 1 aliphatic rings. The molecule has 0 radical (unpaired) electrons. The van der Waals surface area contributed by atoms with E-state index in [4.69, 9.17) is 0 Å². The van der Waals surface area contributed by atoms with Gasteiger partial charge in [-0.25, -0.2) is 0 Å². The second-order valence-corrected chi connectivity index (χ2v) is 7.79. The van der Waals surface area contributed by atoms with Crippen molar-refractivity contribution in [1.82, 2.24) is 4.90 Å². The van der Waals surface area contributed by atoms with Gasteiger partial charge in [0.15, 0.2) is 0 Å². The summed E-state index contributed by atoms with van der Waals surface area (Å²) in [7, 11) is 0. The predicted octanol–water partition coefficient (Wildman–Crippen LogP) is 6.27. The van der Waals surface area contributed by atoms with Crippen LogP contribution in [-0.4, -0.2) is 23.1 Å². The standard InChI is InChI=1S/C26H25NO/c28-24-16-15-20-10-3-5-13-22(20)25(24)26(27-17-6-1-7-18-27)23-14-8-11-19-9-2-4-12-21(19)23/h2-5,8-16,26,28H,1,6-7,17-18H2. The number of aromatic hydroxyl groups is 1. The number of phenols is 1. The van der Waals surface area contributed by atoms with Crippen molar-refractivity contribution in [2.75, 3.05) is 13.1 Å². The Balaban J connectivity index is 1.80. The lowest BCUT2D eigenvalue weighted by atomic mass is 9.88. The lowest BCUT2D eigenvalue weighted by Gasteiger charge is -2.36. The molecule has 4 aromatic rings. The maximum Gasteiger partial charge on any atom is 0.121 e. The fourth-order valence-electron chi connectivity index (χ4n) is 4.77. The van der Waals surface area contributed by atoms with Crippen LogP contribution in [0.4, 0.5) is 0 Å². The van der Waals surface area contributed by atoms with E-state index in [-0.39, 0.29) is 6.04 Å². The van der Waals surface area contributed by atoms with E-state index in [1.165, 1.54) is 41.0 Å². The molecule has 28 heavy (non-hydrogen) atoms. The fourth-order valence-corrected chi connectivity index (χ4v) is 4.77. The van der Waals surface area contributed by atoms with Gasteiger partial charge in [0.25, 0.3) is 0 Å². The molecule has 1 aliphatic heterocycles. The van der Waals surface area contributed by atoms with E-state index in [0.717, 1.165) is 24.0 Å². The molecule has 5 rings (SSSR count). The zero-order chi connectivity index (χ0) is 18.9. The fraction of sp³-hybridized carbons (Fsp3) is 0.231. The molecule has 4 aromatic carbocycles. The van der Waals surface area contributed by atoms with Crippen molar-refractivity contribution in [3.8, 4) is 5.75 Å². The first kappa shape index (κ1) is 17.3. The van der Waals surface area contributed by atoms with E-state index in [1.807, 2.05) is 12.1 Å². The summed E-state index contributed by atoms with van der Waals surface area (Å²) in [6.07, 6.45) is 3.72. The molecular formula is C26H25NO. The first-order chi connectivity index (χ1) is 13.8. The first-order valence-electron chi connectivity index (χ1n) is 10.3. The summed E-state index contributed by atoms with van der Waals surface area (Å²) >= 11 is 0. The number of phenolic OH excluding ortho intramolecular Hbond substituents is 1. The van der Waals surface area contributed by atoms with Crippen molar-refractivity contribution in [2.45, 2.75) is 25.3 Å². The number of benzene rings is 4. The summed E-state index contributed by atoms with van der Waals surface area (Å²) in [6.45, 7) is 2.13. The van der Waals surface area contributed by atoms with Crippen LogP contribution in [0.1, 0.15) is 36.4 Å². The molecule has 1 N–H and O–H groups in total. The van der Waals surface area contributed by atoms with E-state index in [0.29, 0.717) is 5.75 Å². The summed E-state index contributed by atoms with van der Waals surface area (Å²) in [5, 5.41) is 15.9. The highest BCUT2D eigenvalue weighted by molar-refractivity contribution is 5.91. The van der Waals surface area contributed by atoms with Crippen molar-refractivity contribution in [3.63, 3.8) is 0 Å². The van der Waals surface area contributed by atoms with E-state index in [1.54, 1.807) is 0 Å². The van der Waals surface area contributed by atoms with Crippen molar-refractivity contribution in [2.24, 2.45) is 0 Å². The van der Waals surface area contributed by atoms with Crippen LogP contribution in [0.25, 0.3) is 21.5 Å². The van der Waals surface area contributed by atoms with Crippen LogP contribution >= 0.6 is 0 Å². The number of rotatable bonds is 3. The second kappa shape index (κ2) is 7.29. The van der Waals surface area contributed by atoms with Crippen molar-refractivity contribution in [3.05, 3.63) is 90.0 Å². The van der Waals surface area contributed by atoms with Gasteiger partial charge >= 0.3 is 0 Å². The Bertz CT molecular complexity index is 1120. The molecule has 1 atom stereocenters. The predicted molar refractivity (Wildman–Crippen MR) is 117 cm³/mol. The van der Waals surface area contributed by atoms with Crippen LogP contribution in [0.2, 0.25) is 0 Å². The maximum absolute atomic E-state index is 11.0. The minimum atomic E-state index is 0.0532. The summed E-state index contributed by atoms with van der Waals surface area (Å²) in [6, 6.07) is 27.5. The molecule has 0 aliphatic carbocycles. The van der Waals surface area contributed by atoms with E-state index < -0.39 is 0 Å². The van der Waals surface area contributed by atoms with Crippen molar-refractivity contribution >= 4 is 21.5 Å². The highest BCUT2D eigenvalue weighted by atomic mass is 16.3. The molecule has 1 saturated heterocycles. The minimum Gasteiger partial charge on any atom is -0.508 e. The molecular weight excluding hydrogens is 342 g/mol. The first-order valence-corrected chi connectivity index (χ1v) is 10.3. The quantitative estimate of drug-likeness (QED) is 0.461. The van der Waals surface area contributed by atoms with Crippen molar-refractivity contribution < 1.29 is 5.11 Å². The van der Waals surface area contributed by atoms with E-state index in [2.05, 4.69) is 71.6 Å². The smallest absolute Gasteiger partial charge is 0.121 e. The molecule has 2 heteroatoms. The maximum atomic E-state index is 11.0. The Labute approximate surface area is 166 Å². The van der Waals surface area contributed by atoms with Crippen molar-refractivity contribution in [1.29, 1.82) is 0 Å². The third kappa shape index (κ3) is 2.94. The number of hydrogen-bond acceptors (Lipinski definition) is 2. The third-order valence-electron chi connectivity index (χ3n) is 6.09. The van der Waals surface area contributed by atoms with Crippen LogP contribution in [0.3, 0.4) is 0 Å². The van der Waals surface area contributed by atoms with Gasteiger partial charge in [-0.15, -0.1) is 0 Å². The van der Waals surface area contributed by atoms with Gasteiger partial charge in [-0.3, -0.25) is 4.90 Å². The van der Waals surface area contributed by atoms with Gasteiger partial charge in [0.05, 0.1) is 6.04 Å². The minimum absolute atomic E-state index is 0.0532. The Hall–Kier alpha value is -2.84. The highest BCUT2D eigenvalue weighted by Crippen LogP contribution is 2.42. The second-order valence-electron chi connectivity index (χ2n) is 7.79. The molecule has 1 heterocycles. The summed E-state index contributed by atoms with van der Waals surface area (Å²) in [5.41, 5.74) is 2.32. The SMILES string of the molecule is Oc1ccc2ccccc2c1C(c1cccc2ccccc12)N1CCCCC1. The van der Waals surface area contributed by atoms with E-state index in [9.17, 15) is 5.11 Å². The van der Waals surface area contributed by atoms with Gasteiger partial charge in [-0.2, -0.15) is 0 Å². The van der Waals surface area contributed by atoms with Gasteiger partial charge in [0.1, 0.15) is 5.75 Å². The van der Waals surface area contributed by atoms with Gasteiger partial charge in [0, 0.05) is 5.56 Å². The number of likely N-dealkylation sites (tertiary alicyclic amines) is 1. The Morgan fingerprint density at radius 2 is 1.29 bits per heavy atom. The van der Waals surface area contributed by atoms with E-state index >= 15 is 0 Å². The van der Waals surface area contributed by atoms with Gasteiger partial charge in [-0.05, 0) is 59.1 Å². The molecule has 0 bridgehead atoms. The molecule has 0 amide bonds. The summed E-state index contributed by atoms with van der Waals surface area (Å²) in [4.78, 5) is 2.56. The van der Waals surface area contributed by atoms with Gasteiger partial charge in [0.2, 0.25) is 0 Å². The summed E-state index contributed by atoms with van der Waals surface area (Å²) in [5.74, 6) is 0.391. The average molecular weight is 367 g/mol. The highest BCUT2D eigenvalue weighted by Gasteiger charge is 2.29. The van der Waals surface area contributed by atoms with Gasteiger partial charge in [-0.1, -0.05) is 79.2 Å². The molecule has 1 fully saturated rings. The third-order valence-corrected chi connectivity index (χ3v) is 6.09. The molecule has 2 nitrogen and oxygen atoms in total. The number of nitrogens with zero attached hydrogens (tertiary/aromatic N) is 1. The largest absolute Gasteiger partial charge is 0.508 e. The molecule has 1 unspecified atom stereocenters. The Morgan fingerprint density at radius 3 is 2.07 bits per heavy atom. The molecule has 0 aromatic heterocycles. The number of fused-ring (bicyclic) bond motifs is 2. The average Bonchev–Trinajstić information content (AvgIpc) is 2.76. The zero-order valence-electron chi connectivity index (χ0n) is 16.0. The van der Waals surface area contributed by atoms with Crippen LogP contribution in [0.5, 0.6) is 5.75 Å². The van der Waals surface area contributed by atoms with Crippen LogP contribution < -0.4 is 0 Å². The van der Waals surface area contributed by atoms with Crippen LogP contribution in [0.15, 0.2) is 78.9 Å². The molecule has 0 saturated carbocycles. The Kier molecular flexibility index (Phi) is 4.50. The molecule has 0 spiro atoms. The molecule has 140 valence electrons. The number of hydrogen-bond donors (Lipinski definition) is 1. The van der Waals surface area contributed by atoms with Crippen LogP contribution in [-0.2, 0) is 0 Å².